The van der Waals surface area contributed by atoms with Gasteiger partial charge in [-0.15, -0.1) is 0 Å². The zero-order chi connectivity index (χ0) is 34.0. The van der Waals surface area contributed by atoms with E-state index in [0.717, 1.165) is 49.8 Å². The van der Waals surface area contributed by atoms with Crippen molar-refractivity contribution >= 4 is 34.7 Å². The second kappa shape index (κ2) is 14.2. The molecule has 0 amide bonds. The molecule has 0 spiro atoms. The normalized spacial score (nSPS) is 20.1. The Morgan fingerprint density at radius 3 is 2.45 bits per heavy atom. The summed E-state index contributed by atoms with van der Waals surface area (Å²) in [5, 5.41) is 9.47. The van der Waals surface area contributed by atoms with Crippen molar-refractivity contribution in [3.8, 4) is 11.4 Å². The van der Waals surface area contributed by atoms with Gasteiger partial charge in [0.1, 0.15) is 49.8 Å². The third kappa shape index (κ3) is 7.02. The highest BCUT2D eigenvalue weighted by Gasteiger charge is 2.45. The summed E-state index contributed by atoms with van der Waals surface area (Å²) in [7, 11) is 0. The van der Waals surface area contributed by atoms with Crippen LogP contribution in [0.4, 0.5) is 11.5 Å². The maximum Gasteiger partial charge on any atom is 0.350 e. The highest BCUT2D eigenvalue weighted by molar-refractivity contribution is 6.35. The molecule has 0 radical (unpaired) electrons. The van der Waals surface area contributed by atoms with E-state index in [-0.39, 0.29) is 31.0 Å². The molecule has 3 atom stereocenters. The lowest BCUT2D eigenvalue weighted by atomic mass is 10.1. The van der Waals surface area contributed by atoms with Crippen molar-refractivity contribution < 1.29 is 14.2 Å². The van der Waals surface area contributed by atoms with Gasteiger partial charge in [-0.2, -0.15) is 10.2 Å². The number of benzene rings is 2. The SMILES string of the molecule is CC[C@@H](C)n1ncn(-c2ccc(N3CCN(c4ccc(OC[C@@H]5CO[C@@](Cn6cncn6)(c6ccc(Cl)cc6Cl)O5)cn4)CC3)cc2)c1=O. The molecule has 2 aliphatic rings. The summed E-state index contributed by atoms with van der Waals surface area (Å²) in [5.41, 5.74) is 2.45. The second-order valence-corrected chi connectivity index (χ2v) is 13.0. The number of ether oxygens (including phenoxy) is 3. The molecule has 0 N–H and O–H groups in total. The molecule has 5 heterocycles. The molecule has 0 aliphatic carbocycles. The van der Waals surface area contributed by atoms with E-state index in [2.05, 4.69) is 42.1 Å². The van der Waals surface area contributed by atoms with Gasteiger partial charge >= 0.3 is 5.69 Å². The van der Waals surface area contributed by atoms with Gasteiger partial charge in [-0.1, -0.05) is 36.2 Å². The monoisotopic (exact) mass is 705 g/mol. The van der Waals surface area contributed by atoms with E-state index in [1.807, 2.05) is 38.1 Å². The lowest BCUT2D eigenvalue weighted by Crippen LogP contribution is -2.46. The van der Waals surface area contributed by atoms with Crippen molar-refractivity contribution in [3.63, 3.8) is 0 Å². The number of hydrogen-bond donors (Lipinski definition) is 0. The Bertz CT molecular complexity index is 1910. The minimum Gasteiger partial charge on any atom is -0.489 e. The fourth-order valence-corrected chi connectivity index (χ4v) is 6.66. The van der Waals surface area contributed by atoms with Crippen LogP contribution >= 0.6 is 23.2 Å². The molecule has 2 saturated heterocycles. The molecular formula is C34H37Cl2N9O4. The van der Waals surface area contributed by atoms with E-state index in [1.165, 1.54) is 11.0 Å². The molecule has 0 saturated carbocycles. The van der Waals surface area contributed by atoms with Crippen LogP contribution in [0, 0.1) is 0 Å². The van der Waals surface area contributed by atoms with Crippen molar-refractivity contribution in [3.05, 3.63) is 106 Å². The van der Waals surface area contributed by atoms with Crippen LogP contribution in [0.25, 0.3) is 5.69 Å². The van der Waals surface area contributed by atoms with Crippen LogP contribution in [0.1, 0.15) is 31.9 Å². The summed E-state index contributed by atoms with van der Waals surface area (Å²) in [6.45, 7) is 8.19. The fourth-order valence-electron chi connectivity index (χ4n) is 6.10. The number of rotatable bonds is 11. The van der Waals surface area contributed by atoms with Crippen molar-refractivity contribution in [2.45, 2.75) is 44.7 Å². The first kappa shape index (κ1) is 33.1. The second-order valence-electron chi connectivity index (χ2n) is 12.2. The van der Waals surface area contributed by atoms with E-state index >= 15 is 0 Å². The summed E-state index contributed by atoms with van der Waals surface area (Å²) in [6.07, 6.45) is 6.87. The molecule has 3 aromatic heterocycles. The highest BCUT2D eigenvalue weighted by Crippen LogP contribution is 2.40. The number of nitrogens with zero attached hydrogens (tertiary/aromatic N) is 9. The minimum absolute atomic E-state index is 0.0594. The van der Waals surface area contributed by atoms with Crippen molar-refractivity contribution in [1.29, 1.82) is 0 Å². The third-order valence-electron chi connectivity index (χ3n) is 8.99. The molecule has 2 aliphatic heterocycles. The summed E-state index contributed by atoms with van der Waals surface area (Å²) in [4.78, 5) is 26.1. The van der Waals surface area contributed by atoms with Crippen LogP contribution in [0.15, 0.2) is 84.6 Å². The Kier molecular flexibility index (Phi) is 9.59. The lowest BCUT2D eigenvalue weighted by molar-refractivity contribution is -0.190. The molecule has 49 heavy (non-hydrogen) atoms. The van der Waals surface area contributed by atoms with Crippen molar-refractivity contribution in [2.24, 2.45) is 0 Å². The van der Waals surface area contributed by atoms with Gasteiger partial charge in [-0.25, -0.2) is 28.7 Å². The Balaban J connectivity index is 0.925. The highest BCUT2D eigenvalue weighted by atomic mass is 35.5. The largest absolute Gasteiger partial charge is 0.489 e. The topological polar surface area (TPSA) is 118 Å². The van der Waals surface area contributed by atoms with Gasteiger partial charge in [0, 0.05) is 42.5 Å². The number of halogens is 2. The first-order valence-corrected chi connectivity index (χ1v) is 17.0. The zero-order valence-electron chi connectivity index (χ0n) is 27.2. The number of piperazine rings is 1. The molecule has 13 nitrogen and oxygen atoms in total. The number of pyridine rings is 1. The number of aromatic nitrogens is 7. The molecule has 0 unspecified atom stereocenters. The van der Waals surface area contributed by atoms with Crippen molar-refractivity contribution in [2.75, 3.05) is 49.2 Å². The molecular weight excluding hydrogens is 669 g/mol. The lowest BCUT2D eigenvalue weighted by Gasteiger charge is -2.36. The van der Waals surface area contributed by atoms with E-state index < -0.39 is 5.79 Å². The van der Waals surface area contributed by atoms with Gasteiger partial charge in [0.2, 0.25) is 5.79 Å². The molecule has 256 valence electrons. The molecule has 7 rings (SSSR count). The Hall–Kier alpha value is -4.43. The molecule has 2 aromatic carbocycles. The number of anilines is 2. The van der Waals surface area contributed by atoms with Gasteiger partial charge in [0.15, 0.2) is 0 Å². The fraction of sp³-hybridized carbons (Fsp3) is 0.382. The summed E-state index contributed by atoms with van der Waals surface area (Å²) in [5.74, 6) is 0.356. The van der Waals surface area contributed by atoms with E-state index in [9.17, 15) is 4.79 Å². The Morgan fingerprint density at radius 2 is 1.76 bits per heavy atom. The van der Waals surface area contributed by atoms with Gasteiger partial charge in [-0.3, -0.25) is 0 Å². The maximum atomic E-state index is 12.8. The van der Waals surface area contributed by atoms with Gasteiger partial charge < -0.3 is 24.0 Å². The standard InChI is InChI=1S/C34H37Cl2N9O4/c1-3-24(2)45-33(46)44(23-40-45)27-7-5-26(6-8-27)41-12-14-42(15-13-41)32-11-9-28(17-38-32)47-18-29-19-48-34(49-29,20-43-22-37-21-39-43)30-10-4-25(35)16-31(30)36/h4-11,16-17,21-24,29H,3,12-15,18-20H2,1-2H3/t24-,29-,34-/m1/s1. The van der Waals surface area contributed by atoms with Crippen molar-refractivity contribution in [1.82, 2.24) is 34.1 Å². The minimum atomic E-state index is -1.17. The average molecular weight is 707 g/mol. The third-order valence-corrected chi connectivity index (χ3v) is 9.54. The van der Waals surface area contributed by atoms with Crippen LogP contribution < -0.4 is 20.2 Å². The molecule has 2 fully saturated rings. The first-order chi connectivity index (χ1) is 23.8. The van der Waals surface area contributed by atoms with Crippen LogP contribution in [0.5, 0.6) is 5.75 Å². The predicted molar refractivity (Wildman–Crippen MR) is 186 cm³/mol. The maximum absolute atomic E-state index is 12.8. The Morgan fingerprint density at radius 1 is 0.980 bits per heavy atom. The van der Waals surface area contributed by atoms with E-state index in [4.69, 9.17) is 37.4 Å². The molecule has 5 aromatic rings. The first-order valence-electron chi connectivity index (χ1n) is 16.3. The van der Waals surface area contributed by atoms with E-state index in [1.54, 1.807) is 46.3 Å². The average Bonchev–Trinajstić information content (AvgIpc) is 3.88. The molecule has 0 bridgehead atoms. The quantitative estimate of drug-likeness (QED) is 0.186. The predicted octanol–water partition coefficient (Wildman–Crippen LogP) is 4.97. The summed E-state index contributed by atoms with van der Waals surface area (Å²) < 4.78 is 23.5. The van der Waals surface area contributed by atoms with Gasteiger partial charge in [-0.05, 0) is 61.9 Å². The molecule has 15 heteroatoms. The van der Waals surface area contributed by atoms with E-state index in [0.29, 0.717) is 28.0 Å². The smallest absolute Gasteiger partial charge is 0.350 e. The summed E-state index contributed by atoms with van der Waals surface area (Å²) >= 11 is 12.7. The van der Waals surface area contributed by atoms with Crippen LogP contribution in [-0.2, 0) is 21.8 Å². The van der Waals surface area contributed by atoms with Crippen LogP contribution in [0.2, 0.25) is 10.0 Å². The zero-order valence-corrected chi connectivity index (χ0v) is 28.7. The Labute approximate surface area is 293 Å². The number of hydrogen-bond acceptors (Lipinski definition) is 10. The van der Waals surface area contributed by atoms with Gasteiger partial charge in [0.25, 0.3) is 0 Å². The van der Waals surface area contributed by atoms with Gasteiger partial charge in [0.05, 0.1) is 29.6 Å². The van der Waals surface area contributed by atoms with Crippen LogP contribution in [-0.4, -0.2) is 79.6 Å². The van der Waals surface area contributed by atoms with Crippen LogP contribution in [0.3, 0.4) is 0 Å². The summed E-state index contributed by atoms with van der Waals surface area (Å²) in [6, 6.07) is 17.2.